The molecule has 1 amide bonds. The molecule has 0 bridgehead atoms. The highest BCUT2D eigenvalue weighted by atomic mass is 16.5. The van der Waals surface area contributed by atoms with Crippen molar-refractivity contribution in [2.75, 3.05) is 5.32 Å². The van der Waals surface area contributed by atoms with Crippen LogP contribution in [0.2, 0.25) is 0 Å². The molecule has 9 heteroatoms. The van der Waals surface area contributed by atoms with E-state index in [1.54, 1.807) is 18.2 Å². The summed E-state index contributed by atoms with van der Waals surface area (Å²) in [6.07, 6.45) is -0.908. The summed E-state index contributed by atoms with van der Waals surface area (Å²) < 4.78 is 7.23. The molecule has 0 saturated carbocycles. The van der Waals surface area contributed by atoms with E-state index in [0.717, 1.165) is 23.5 Å². The number of amides is 1. The van der Waals surface area contributed by atoms with Gasteiger partial charge < -0.3 is 20.0 Å². The Morgan fingerprint density at radius 3 is 2.57 bits per heavy atom. The molecule has 160 valence electrons. The van der Waals surface area contributed by atoms with Crippen molar-refractivity contribution in [1.29, 1.82) is 0 Å². The van der Waals surface area contributed by atoms with Gasteiger partial charge in [0.1, 0.15) is 0 Å². The number of hydrogen-bond acceptors (Lipinski definition) is 5. The van der Waals surface area contributed by atoms with Gasteiger partial charge in [0.05, 0.1) is 23.1 Å². The van der Waals surface area contributed by atoms with E-state index in [1.165, 1.54) is 6.92 Å². The molecule has 9 nitrogen and oxygen atoms in total. The second-order valence-corrected chi connectivity index (χ2v) is 7.86. The highest BCUT2D eigenvalue weighted by Crippen LogP contribution is 2.17. The lowest BCUT2D eigenvalue weighted by molar-refractivity contribution is -0.152. The standard InChI is InChI=1S/C21H27N5O4/c1-11(2)10-26-13(4)16(12(3)25-26)9-19(27)30-14(5)20(28)22-15-6-7-17-18(8-15)24-21(29)23-17/h6-8,11,14H,9-10H2,1-5H3,(H,22,28)(H2,23,24,29)/t14-/m1/s1. The normalized spacial score (nSPS) is 12.3. The SMILES string of the molecule is Cc1nn(CC(C)C)c(C)c1CC(=O)O[C@H](C)C(=O)Nc1ccc2[nH]c(=O)[nH]c2c1. The Labute approximate surface area is 173 Å². The van der Waals surface area contributed by atoms with Crippen LogP contribution >= 0.6 is 0 Å². The molecule has 3 N–H and O–H groups in total. The maximum Gasteiger partial charge on any atom is 0.323 e. The molecular formula is C21H27N5O4. The van der Waals surface area contributed by atoms with Crippen LogP contribution in [0.3, 0.4) is 0 Å². The Bertz CT molecular complexity index is 1140. The highest BCUT2D eigenvalue weighted by molar-refractivity contribution is 5.96. The van der Waals surface area contributed by atoms with Gasteiger partial charge in [0.15, 0.2) is 6.10 Å². The van der Waals surface area contributed by atoms with Gasteiger partial charge in [-0.05, 0) is 44.9 Å². The van der Waals surface area contributed by atoms with E-state index in [9.17, 15) is 14.4 Å². The minimum absolute atomic E-state index is 0.0595. The van der Waals surface area contributed by atoms with E-state index in [2.05, 4.69) is 34.2 Å². The number of imidazole rings is 1. The summed E-state index contributed by atoms with van der Waals surface area (Å²) in [6, 6.07) is 4.98. The smallest absolute Gasteiger partial charge is 0.323 e. The summed E-state index contributed by atoms with van der Waals surface area (Å²) >= 11 is 0. The van der Waals surface area contributed by atoms with Crippen molar-refractivity contribution in [3.8, 4) is 0 Å². The van der Waals surface area contributed by atoms with E-state index in [4.69, 9.17) is 4.74 Å². The van der Waals surface area contributed by atoms with Gasteiger partial charge in [-0.3, -0.25) is 14.3 Å². The second-order valence-electron chi connectivity index (χ2n) is 7.86. The first-order valence-corrected chi connectivity index (χ1v) is 9.89. The number of carbonyl (C=O) groups is 2. The lowest BCUT2D eigenvalue weighted by Crippen LogP contribution is -2.30. The van der Waals surface area contributed by atoms with Crippen LogP contribution in [-0.4, -0.2) is 37.7 Å². The van der Waals surface area contributed by atoms with Crippen LogP contribution in [0.4, 0.5) is 5.69 Å². The molecule has 3 aromatic rings. The average molecular weight is 413 g/mol. The minimum atomic E-state index is -0.968. The first-order chi connectivity index (χ1) is 14.1. The van der Waals surface area contributed by atoms with Crippen LogP contribution in [-0.2, 0) is 27.3 Å². The van der Waals surface area contributed by atoms with Gasteiger partial charge in [-0.15, -0.1) is 0 Å². The number of nitrogens with one attached hydrogen (secondary N) is 3. The van der Waals surface area contributed by atoms with Crippen molar-refractivity contribution in [1.82, 2.24) is 19.7 Å². The van der Waals surface area contributed by atoms with Gasteiger partial charge >= 0.3 is 11.7 Å². The van der Waals surface area contributed by atoms with E-state index in [0.29, 0.717) is 22.6 Å². The monoisotopic (exact) mass is 413 g/mol. The average Bonchev–Trinajstić information content (AvgIpc) is 3.14. The third kappa shape index (κ3) is 4.79. The summed E-state index contributed by atoms with van der Waals surface area (Å²) in [5.41, 5.74) is 3.94. The van der Waals surface area contributed by atoms with E-state index < -0.39 is 18.0 Å². The summed E-state index contributed by atoms with van der Waals surface area (Å²) in [6.45, 7) is 10.3. The number of aromatic amines is 2. The molecule has 0 saturated heterocycles. The zero-order valence-corrected chi connectivity index (χ0v) is 17.8. The molecule has 0 aliphatic heterocycles. The molecule has 0 aliphatic carbocycles. The van der Waals surface area contributed by atoms with Gasteiger partial charge in [0.25, 0.3) is 5.91 Å². The van der Waals surface area contributed by atoms with Crippen molar-refractivity contribution in [3.05, 3.63) is 45.6 Å². The Morgan fingerprint density at radius 1 is 1.17 bits per heavy atom. The minimum Gasteiger partial charge on any atom is -0.452 e. The van der Waals surface area contributed by atoms with Gasteiger partial charge in [0, 0.05) is 23.5 Å². The summed E-state index contributed by atoms with van der Waals surface area (Å²) in [7, 11) is 0. The molecule has 0 radical (unpaired) electrons. The number of anilines is 1. The lowest BCUT2D eigenvalue weighted by Gasteiger charge is -2.14. The number of carbonyl (C=O) groups excluding carboxylic acids is 2. The third-order valence-electron chi connectivity index (χ3n) is 4.85. The zero-order valence-electron chi connectivity index (χ0n) is 17.8. The second kappa shape index (κ2) is 8.56. The van der Waals surface area contributed by atoms with Crippen LogP contribution < -0.4 is 11.0 Å². The molecular weight excluding hydrogens is 386 g/mol. The van der Waals surface area contributed by atoms with E-state index in [-0.39, 0.29) is 12.1 Å². The van der Waals surface area contributed by atoms with Crippen LogP contribution in [0, 0.1) is 19.8 Å². The Hall–Kier alpha value is -3.36. The maximum absolute atomic E-state index is 12.4. The fourth-order valence-electron chi connectivity index (χ4n) is 3.30. The van der Waals surface area contributed by atoms with E-state index >= 15 is 0 Å². The van der Waals surface area contributed by atoms with Crippen LogP contribution in [0.1, 0.15) is 37.7 Å². The quantitative estimate of drug-likeness (QED) is 0.514. The first kappa shape index (κ1) is 21.4. The number of benzene rings is 1. The van der Waals surface area contributed by atoms with Crippen molar-refractivity contribution in [2.45, 2.75) is 53.7 Å². The van der Waals surface area contributed by atoms with Crippen molar-refractivity contribution < 1.29 is 14.3 Å². The zero-order chi connectivity index (χ0) is 22.0. The Morgan fingerprint density at radius 2 is 1.87 bits per heavy atom. The Balaban J connectivity index is 1.61. The summed E-state index contributed by atoms with van der Waals surface area (Å²) in [5.74, 6) is -0.502. The van der Waals surface area contributed by atoms with Crippen molar-refractivity contribution in [3.63, 3.8) is 0 Å². The predicted octanol–water partition coefficient (Wildman–Crippen LogP) is 2.44. The molecule has 0 fully saturated rings. The van der Waals surface area contributed by atoms with Gasteiger partial charge in [-0.1, -0.05) is 13.8 Å². The van der Waals surface area contributed by atoms with E-state index in [1.807, 2.05) is 18.5 Å². The number of aromatic nitrogens is 4. The maximum atomic E-state index is 12.4. The van der Waals surface area contributed by atoms with Crippen LogP contribution in [0.25, 0.3) is 11.0 Å². The number of fused-ring (bicyclic) bond motifs is 1. The number of ether oxygens (including phenoxy) is 1. The Kier molecular flexibility index (Phi) is 6.09. The molecule has 30 heavy (non-hydrogen) atoms. The fourth-order valence-corrected chi connectivity index (χ4v) is 3.30. The first-order valence-electron chi connectivity index (χ1n) is 9.89. The predicted molar refractivity (Wildman–Crippen MR) is 113 cm³/mol. The molecule has 0 spiro atoms. The van der Waals surface area contributed by atoms with Crippen molar-refractivity contribution in [2.24, 2.45) is 5.92 Å². The molecule has 2 heterocycles. The lowest BCUT2D eigenvalue weighted by atomic mass is 10.1. The number of aryl methyl sites for hydroxylation is 1. The summed E-state index contributed by atoms with van der Waals surface area (Å²) in [5, 5.41) is 7.19. The number of esters is 1. The van der Waals surface area contributed by atoms with Gasteiger partial charge in [0.2, 0.25) is 0 Å². The van der Waals surface area contributed by atoms with Gasteiger partial charge in [-0.2, -0.15) is 5.10 Å². The highest BCUT2D eigenvalue weighted by Gasteiger charge is 2.21. The number of hydrogen-bond donors (Lipinski definition) is 3. The molecule has 2 aromatic heterocycles. The molecule has 1 aromatic carbocycles. The van der Waals surface area contributed by atoms with Crippen LogP contribution in [0.5, 0.6) is 0 Å². The molecule has 0 unspecified atom stereocenters. The number of nitrogens with zero attached hydrogens (tertiary/aromatic N) is 2. The third-order valence-corrected chi connectivity index (χ3v) is 4.85. The largest absolute Gasteiger partial charge is 0.452 e. The molecule has 3 rings (SSSR count). The van der Waals surface area contributed by atoms with Gasteiger partial charge in [-0.25, -0.2) is 4.79 Å². The molecule has 1 atom stereocenters. The number of H-pyrrole nitrogens is 2. The van der Waals surface area contributed by atoms with Crippen LogP contribution in [0.15, 0.2) is 23.0 Å². The number of rotatable bonds is 7. The fraction of sp³-hybridized carbons (Fsp3) is 0.429. The topological polar surface area (TPSA) is 122 Å². The summed E-state index contributed by atoms with van der Waals surface area (Å²) in [4.78, 5) is 41.4. The van der Waals surface area contributed by atoms with Crippen molar-refractivity contribution >= 4 is 28.6 Å². The molecule has 0 aliphatic rings.